The van der Waals surface area contributed by atoms with E-state index in [0.717, 1.165) is 22.3 Å². The number of hydrogen-bond acceptors (Lipinski definition) is 6. The highest BCUT2D eigenvalue weighted by Gasteiger charge is 2.19. The van der Waals surface area contributed by atoms with Gasteiger partial charge in [0.05, 0.1) is 10.6 Å². The van der Waals surface area contributed by atoms with E-state index in [0.29, 0.717) is 28.4 Å². The van der Waals surface area contributed by atoms with E-state index in [2.05, 4.69) is 19.9 Å². The maximum Gasteiger partial charge on any atom is 0.262 e. The molecule has 0 aliphatic heterocycles. The Morgan fingerprint density at radius 3 is 2.35 bits per heavy atom. The first-order chi connectivity index (χ1) is 16.3. The second-order valence-corrected chi connectivity index (χ2v) is 9.79. The zero-order valence-corrected chi connectivity index (χ0v) is 19.7. The molecule has 0 aliphatic carbocycles. The number of nitrogens with one attached hydrogen (secondary N) is 1. The lowest BCUT2D eigenvalue weighted by molar-refractivity contribution is 0.600. The van der Waals surface area contributed by atoms with Crippen LogP contribution >= 0.6 is 0 Å². The van der Waals surface area contributed by atoms with Crippen molar-refractivity contribution in [3.05, 3.63) is 89.7 Å². The van der Waals surface area contributed by atoms with Gasteiger partial charge in [-0.2, -0.15) is 9.61 Å². The van der Waals surface area contributed by atoms with Gasteiger partial charge in [-0.3, -0.25) is 9.71 Å². The molecule has 170 valence electrons. The third-order valence-electron chi connectivity index (χ3n) is 5.69. The molecule has 3 aromatic heterocycles. The Kier molecular flexibility index (Phi) is 5.33. The molecule has 0 bridgehead atoms. The van der Waals surface area contributed by atoms with E-state index in [1.807, 2.05) is 50.2 Å². The lowest BCUT2D eigenvalue weighted by Gasteiger charge is -2.13. The first-order valence-corrected chi connectivity index (χ1v) is 12.1. The number of aryl methyl sites for hydroxylation is 3. The molecule has 0 saturated heterocycles. The summed E-state index contributed by atoms with van der Waals surface area (Å²) in [5.41, 5.74) is 6.01. The van der Waals surface area contributed by atoms with Crippen LogP contribution in [-0.4, -0.2) is 33.2 Å². The predicted molar refractivity (Wildman–Crippen MR) is 131 cm³/mol. The highest BCUT2D eigenvalue weighted by molar-refractivity contribution is 7.92. The summed E-state index contributed by atoms with van der Waals surface area (Å²) in [6.45, 7) is 5.67. The average molecular weight is 471 g/mol. The number of rotatable bonds is 5. The van der Waals surface area contributed by atoms with Crippen LogP contribution in [0, 0.1) is 20.8 Å². The molecule has 0 amide bonds. The minimum Gasteiger partial charge on any atom is -0.280 e. The minimum atomic E-state index is -3.75. The van der Waals surface area contributed by atoms with Gasteiger partial charge in [-0.1, -0.05) is 18.2 Å². The number of benzene rings is 2. The van der Waals surface area contributed by atoms with E-state index in [4.69, 9.17) is 5.10 Å². The van der Waals surface area contributed by atoms with Gasteiger partial charge < -0.3 is 0 Å². The normalized spacial score (nSPS) is 11.6. The highest BCUT2D eigenvalue weighted by atomic mass is 32.2. The van der Waals surface area contributed by atoms with E-state index in [-0.39, 0.29) is 4.90 Å². The molecule has 0 spiro atoms. The van der Waals surface area contributed by atoms with Crippen LogP contribution in [0.15, 0.2) is 78.0 Å². The van der Waals surface area contributed by atoms with Crippen LogP contribution in [0.1, 0.15) is 16.7 Å². The first-order valence-electron chi connectivity index (χ1n) is 10.7. The van der Waals surface area contributed by atoms with Crippen LogP contribution in [-0.2, 0) is 10.0 Å². The van der Waals surface area contributed by atoms with Crippen molar-refractivity contribution in [2.24, 2.45) is 0 Å². The summed E-state index contributed by atoms with van der Waals surface area (Å²) >= 11 is 0. The zero-order valence-electron chi connectivity index (χ0n) is 18.9. The van der Waals surface area contributed by atoms with Gasteiger partial charge in [0.15, 0.2) is 11.5 Å². The monoisotopic (exact) mass is 470 g/mol. The second-order valence-electron chi connectivity index (χ2n) is 8.14. The third kappa shape index (κ3) is 4.01. The van der Waals surface area contributed by atoms with Gasteiger partial charge in [-0.25, -0.2) is 8.42 Å². The molecule has 0 fully saturated rings. The number of sulfonamides is 1. The Hall–Kier alpha value is -4.11. The van der Waals surface area contributed by atoms with Crippen LogP contribution in [0.3, 0.4) is 0 Å². The predicted octanol–water partition coefficient (Wildman–Crippen LogP) is 4.58. The second kappa shape index (κ2) is 8.35. The quantitative estimate of drug-likeness (QED) is 0.403. The average Bonchev–Trinajstić information content (AvgIpc) is 3.25. The molecule has 0 unspecified atom stereocenters. The molecule has 0 aliphatic rings. The van der Waals surface area contributed by atoms with Gasteiger partial charge >= 0.3 is 0 Å². The number of nitrogens with zero attached hydrogens (tertiary/aromatic N) is 5. The maximum atomic E-state index is 13.1. The van der Waals surface area contributed by atoms with Gasteiger partial charge in [-0.15, -0.1) is 10.2 Å². The van der Waals surface area contributed by atoms with Gasteiger partial charge in [0.25, 0.3) is 10.0 Å². The fourth-order valence-electron chi connectivity index (χ4n) is 3.80. The van der Waals surface area contributed by atoms with E-state index in [1.54, 1.807) is 48.1 Å². The van der Waals surface area contributed by atoms with Crippen molar-refractivity contribution in [2.45, 2.75) is 25.7 Å². The number of fused-ring (bicyclic) bond motifs is 1. The Labute approximate surface area is 197 Å². The SMILES string of the molecule is Cc1cc(C)c(S(=O)(=O)Nc2cccc(-c3ccc4nnc(-c5ccncc5)n4n3)c2)cc1C. The van der Waals surface area contributed by atoms with E-state index in [9.17, 15) is 8.42 Å². The smallest absolute Gasteiger partial charge is 0.262 e. The van der Waals surface area contributed by atoms with Crippen LogP contribution in [0.25, 0.3) is 28.3 Å². The lowest BCUT2D eigenvalue weighted by atomic mass is 10.1. The van der Waals surface area contributed by atoms with Crippen molar-refractivity contribution in [2.75, 3.05) is 4.72 Å². The summed E-state index contributed by atoms with van der Waals surface area (Å²) in [7, 11) is -3.75. The molecule has 1 N–H and O–H groups in total. The van der Waals surface area contributed by atoms with Crippen molar-refractivity contribution in [3.8, 4) is 22.6 Å². The van der Waals surface area contributed by atoms with Gasteiger partial charge in [0, 0.05) is 29.2 Å². The molecular weight excluding hydrogens is 448 g/mol. The molecule has 34 heavy (non-hydrogen) atoms. The number of anilines is 1. The number of hydrogen-bond donors (Lipinski definition) is 1. The van der Waals surface area contributed by atoms with Crippen molar-refractivity contribution >= 4 is 21.4 Å². The lowest BCUT2D eigenvalue weighted by Crippen LogP contribution is -2.14. The van der Waals surface area contributed by atoms with E-state index in [1.165, 1.54) is 0 Å². The van der Waals surface area contributed by atoms with Crippen LogP contribution in [0.2, 0.25) is 0 Å². The topological polar surface area (TPSA) is 102 Å². The van der Waals surface area contributed by atoms with Crippen LogP contribution in [0.5, 0.6) is 0 Å². The van der Waals surface area contributed by atoms with Crippen LogP contribution in [0.4, 0.5) is 5.69 Å². The fourth-order valence-corrected chi connectivity index (χ4v) is 5.16. The molecular formula is C25H22N6O2S. The molecule has 9 heteroatoms. The van der Waals surface area contributed by atoms with Crippen molar-refractivity contribution in [3.63, 3.8) is 0 Å². The van der Waals surface area contributed by atoms with Gasteiger partial charge in [0.2, 0.25) is 0 Å². The summed E-state index contributed by atoms with van der Waals surface area (Å²) in [6.07, 6.45) is 3.38. The summed E-state index contributed by atoms with van der Waals surface area (Å²) in [5.74, 6) is 0.598. The Morgan fingerprint density at radius 2 is 1.56 bits per heavy atom. The molecule has 5 rings (SSSR count). The number of pyridine rings is 1. The first kappa shape index (κ1) is 21.7. The van der Waals surface area contributed by atoms with Crippen molar-refractivity contribution < 1.29 is 8.42 Å². The largest absolute Gasteiger partial charge is 0.280 e. The summed E-state index contributed by atoms with van der Waals surface area (Å²) in [5, 5.41) is 13.1. The summed E-state index contributed by atoms with van der Waals surface area (Å²) < 4.78 is 30.6. The summed E-state index contributed by atoms with van der Waals surface area (Å²) in [4.78, 5) is 4.31. The fraction of sp³-hybridized carbons (Fsp3) is 0.120. The molecule has 3 heterocycles. The molecule has 8 nitrogen and oxygen atoms in total. The molecule has 5 aromatic rings. The van der Waals surface area contributed by atoms with Crippen molar-refractivity contribution in [1.82, 2.24) is 24.8 Å². The Bertz CT molecular complexity index is 1630. The molecule has 2 aromatic carbocycles. The molecule has 0 atom stereocenters. The minimum absolute atomic E-state index is 0.270. The summed E-state index contributed by atoms with van der Waals surface area (Å²) in [6, 6.07) is 18.1. The highest BCUT2D eigenvalue weighted by Crippen LogP contribution is 2.26. The Balaban J connectivity index is 1.51. The molecule has 0 radical (unpaired) electrons. The number of aromatic nitrogens is 5. The molecule has 0 saturated carbocycles. The Morgan fingerprint density at radius 1 is 0.794 bits per heavy atom. The van der Waals surface area contributed by atoms with E-state index >= 15 is 0 Å². The van der Waals surface area contributed by atoms with Gasteiger partial charge in [-0.05, 0) is 79.9 Å². The zero-order chi connectivity index (χ0) is 23.9. The van der Waals surface area contributed by atoms with E-state index < -0.39 is 10.0 Å². The third-order valence-corrected chi connectivity index (χ3v) is 7.22. The van der Waals surface area contributed by atoms with Crippen LogP contribution < -0.4 is 4.72 Å². The standard InChI is InChI=1S/C25H22N6O2S/c1-16-13-18(3)23(14-17(16)2)34(32,33)30-21-6-4-5-20(15-21)22-7-8-24-27-28-25(31(24)29-22)19-9-11-26-12-10-19/h4-15,30H,1-3H3. The maximum absolute atomic E-state index is 13.1. The van der Waals surface area contributed by atoms with Crippen molar-refractivity contribution in [1.29, 1.82) is 0 Å². The van der Waals surface area contributed by atoms with Gasteiger partial charge in [0.1, 0.15) is 0 Å².